The highest BCUT2D eigenvalue weighted by molar-refractivity contribution is 7.16. The Morgan fingerprint density at radius 3 is 2.75 bits per heavy atom. The number of hydrogen-bond acceptors (Lipinski definition) is 9. The second kappa shape index (κ2) is 13.1. The number of phenols is 1. The first-order valence-electron chi connectivity index (χ1n) is 14.9. The summed E-state index contributed by atoms with van der Waals surface area (Å²) in [4.78, 5) is 33.2. The Morgan fingerprint density at radius 2 is 1.98 bits per heavy atom. The molecule has 4 heterocycles. The lowest BCUT2D eigenvalue weighted by atomic mass is 9.89. The minimum atomic E-state index is -0.853. The fraction of sp³-hybridized carbons (Fsp3) is 0.438. The van der Waals surface area contributed by atoms with Crippen LogP contribution in [0.5, 0.6) is 5.75 Å². The van der Waals surface area contributed by atoms with Crippen LogP contribution in [0.1, 0.15) is 50.2 Å². The van der Waals surface area contributed by atoms with Crippen molar-refractivity contribution in [2.45, 2.75) is 44.4 Å². The van der Waals surface area contributed by atoms with Gasteiger partial charge in [0.25, 0.3) is 5.91 Å². The van der Waals surface area contributed by atoms with Crippen molar-refractivity contribution in [3.8, 4) is 5.75 Å². The summed E-state index contributed by atoms with van der Waals surface area (Å²) in [6.45, 7) is 6.62. The molecular weight excluding hydrogens is 604 g/mol. The van der Waals surface area contributed by atoms with Crippen LogP contribution in [0.3, 0.4) is 0 Å². The molecule has 2 fully saturated rings. The summed E-state index contributed by atoms with van der Waals surface area (Å²) in [5, 5.41) is 24.0. The van der Waals surface area contributed by atoms with E-state index in [1.165, 1.54) is 23.5 Å². The molecule has 2 aromatic heterocycles. The van der Waals surface area contributed by atoms with Crippen LogP contribution in [0.25, 0.3) is 10.2 Å². The number of carbonyl (C=O) groups is 1. The number of aromatic nitrogens is 1. The molecule has 2 aliphatic rings. The number of phenolic OH excluding ortho intramolecular Hbond substituents is 1. The normalized spacial score (nSPS) is 17.8. The third-order valence-electron chi connectivity index (χ3n) is 8.63. The van der Waals surface area contributed by atoms with Gasteiger partial charge in [0, 0.05) is 48.7 Å². The molecule has 4 aromatic rings. The van der Waals surface area contributed by atoms with Gasteiger partial charge in [-0.2, -0.15) is 0 Å². The van der Waals surface area contributed by atoms with Gasteiger partial charge in [-0.1, -0.05) is 29.5 Å². The highest BCUT2D eigenvalue weighted by atomic mass is 32.1. The summed E-state index contributed by atoms with van der Waals surface area (Å²) >= 11 is 2.49. The smallest absolute Gasteiger partial charge is 0.305 e. The van der Waals surface area contributed by atoms with Gasteiger partial charge in [0.05, 0.1) is 34.4 Å². The topological polar surface area (TPSA) is 118 Å². The highest BCUT2D eigenvalue weighted by Gasteiger charge is 2.41. The van der Waals surface area contributed by atoms with Gasteiger partial charge in [-0.05, 0) is 62.6 Å². The molecule has 2 saturated heterocycles. The van der Waals surface area contributed by atoms with E-state index in [4.69, 9.17) is 4.74 Å². The monoisotopic (exact) mass is 640 g/mol. The van der Waals surface area contributed by atoms with Gasteiger partial charge in [-0.3, -0.25) is 14.5 Å². The van der Waals surface area contributed by atoms with E-state index in [9.17, 15) is 24.2 Å². The van der Waals surface area contributed by atoms with Crippen molar-refractivity contribution in [3.63, 3.8) is 0 Å². The van der Waals surface area contributed by atoms with Crippen LogP contribution in [-0.2, 0) is 17.7 Å². The van der Waals surface area contributed by atoms with Crippen LogP contribution >= 0.6 is 22.7 Å². The maximum atomic E-state index is 14.8. The Hall–Kier alpha value is -3.13. The molecule has 0 saturated carbocycles. The van der Waals surface area contributed by atoms with Crippen LogP contribution in [0.4, 0.5) is 4.39 Å². The molecule has 2 aliphatic heterocycles. The van der Waals surface area contributed by atoms with Gasteiger partial charge >= 0.3 is 4.87 Å². The molecule has 0 unspecified atom stereocenters. The Labute approximate surface area is 262 Å². The summed E-state index contributed by atoms with van der Waals surface area (Å²) in [5.74, 6) is -0.173. The summed E-state index contributed by atoms with van der Waals surface area (Å²) in [5.41, 5.74) is 2.23. The molecule has 0 radical (unpaired) electrons. The zero-order valence-electron chi connectivity index (χ0n) is 24.6. The molecule has 1 spiro atoms. The largest absolute Gasteiger partial charge is 0.506 e. The van der Waals surface area contributed by atoms with Crippen molar-refractivity contribution < 1.29 is 24.1 Å². The number of aryl methyl sites for hydroxylation is 1. The fourth-order valence-corrected chi connectivity index (χ4v) is 7.93. The standard InChI is InChI=1S/C32H37FN4O5S2/c1-20-2-7-27(43-20)30(40)37-14-15-42-32(19-37)9-12-36(13-10-32)18-22-16-21(3-5-24(22)33)8-11-34-17-26(39)23-4-6-25(38)28-29(23)44-31(41)35-28/h2-7,16,26,34,38-39H,8-15,17-19H2,1H3,(H,35,41)/t26-/m0/s1. The minimum Gasteiger partial charge on any atom is -0.506 e. The van der Waals surface area contributed by atoms with Crippen molar-refractivity contribution in [2.24, 2.45) is 0 Å². The quantitative estimate of drug-likeness (QED) is 0.203. The zero-order valence-corrected chi connectivity index (χ0v) is 26.2. The molecule has 1 amide bonds. The number of nitrogens with one attached hydrogen (secondary N) is 2. The SMILES string of the molecule is Cc1ccc(C(=O)N2CCOC3(CCN(Cc4cc(CCNC[C@H](O)c5ccc(O)c6[nH]c(=O)sc56)ccc4F)CC3)C2)s1. The third kappa shape index (κ3) is 6.75. The first-order valence-corrected chi connectivity index (χ1v) is 16.6. The lowest BCUT2D eigenvalue weighted by Gasteiger charge is -2.47. The predicted octanol–water partition coefficient (Wildman–Crippen LogP) is 4.18. The van der Waals surface area contributed by atoms with E-state index >= 15 is 0 Å². The molecule has 2 aromatic carbocycles. The average molecular weight is 641 g/mol. The van der Waals surface area contributed by atoms with Gasteiger partial charge in [0.2, 0.25) is 0 Å². The first-order chi connectivity index (χ1) is 21.2. The molecule has 0 aliphatic carbocycles. The van der Waals surface area contributed by atoms with Gasteiger partial charge in [-0.25, -0.2) is 4.39 Å². The molecule has 234 valence electrons. The number of halogens is 1. The number of aromatic amines is 1. The van der Waals surface area contributed by atoms with Gasteiger partial charge in [0.15, 0.2) is 0 Å². The molecule has 6 rings (SSSR count). The molecule has 44 heavy (non-hydrogen) atoms. The number of aromatic hydroxyl groups is 1. The van der Waals surface area contributed by atoms with Crippen LogP contribution < -0.4 is 10.2 Å². The van der Waals surface area contributed by atoms with Crippen molar-refractivity contribution in [1.82, 2.24) is 20.1 Å². The number of nitrogens with zero attached hydrogens (tertiary/aromatic N) is 2. The number of morpholine rings is 1. The number of amides is 1. The van der Waals surface area contributed by atoms with Gasteiger partial charge in [0.1, 0.15) is 17.1 Å². The Balaban J connectivity index is 0.992. The van der Waals surface area contributed by atoms with Crippen molar-refractivity contribution >= 4 is 38.8 Å². The van der Waals surface area contributed by atoms with Gasteiger partial charge < -0.3 is 30.2 Å². The summed E-state index contributed by atoms with van der Waals surface area (Å²) in [6, 6.07) is 12.2. The van der Waals surface area contributed by atoms with Crippen LogP contribution in [0.2, 0.25) is 0 Å². The predicted molar refractivity (Wildman–Crippen MR) is 170 cm³/mol. The molecule has 4 N–H and O–H groups in total. The number of ether oxygens (including phenoxy) is 1. The molecule has 12 heteroatoms. The molecule has 0 bridgehead atoms. The van der Waals surface area contributed by atoms with Crippen molar-refractivity contribution in [2.75, 3.05) is 45.9 Å². The number of thiazole rings is 1. The van der Waals surface area contributed by atoms with E-state index in [1.807, 2.05) is 30.0 Å². The number of rotatable bonds is 9. The number of H-pyrrole nitrogens is 1. The number of hydrogen-bond donors (Lipinski definition) is 4. The number of aliphatic hydroxyl groups is 1. The Bertz CT molecular complexity index is 1690. The number of fused-ring (bicyclic) bond motifs is 1. The lowest BCUT2D eigenvalue weighted by molar-refractivity contribution is -0.127. The summed E-state index contributed by atoms with van der Waals surface area (Å²) in [7, 11) is 0. The molecule has 1 atom stereocenters. The Kier molecular flexibility index (Phi) is 9.18. The number of benzene rings is 2. The first kappa shape index (κ1) is 30.9. The zero-order chi connectivity index (χ0) is 30.8. The Morgan fingerprint density at radius 1 is 1.16 bits per heavy atom. The van der Waals surface area contributed by atoms with E-state index in [-0.39, 0.29) is 34.5 Å². The summed E-state index contributed by atoms with van der Waals surface area (Å²) in [6.07, 6.45) is 1.39. The van der Waals surface area contributed by atoms with Crippen molar-refractivity contribution in [3.05, 3.63) is 84.4 Å². The minimum absolute atomic E-state index is 0.0243. The maximum absolute atomic E-state index is 14.8. The van der Waals surface area contributed by atoms with E-state index in [0.29, 0.717) is 60.6 Å². The van der Waals surface area contributed by atoms with E-state index < -0.39 is 6.10 Å². The number of likely N-dealkylation sites (tertiary alicyclic amines) is 1. The van der Waals surface area contributed by atoms with E-state index in [2.05, 4.69) is 15.2 Å². The highest BCUT2D eigenvalue weighted by Crippen LogP contribution is 2.33. The summed E-state index contributed by atoms with van der Waals surface area (Å²) < 4.78 is 21.6. The lowest BCUT2D eigenvalue weighted by Crippen LogP contribution is -2.57. The van der Waals surface area contributed by atoms with Gasteiger partial charge in [-0.15, -0.1) is 11.3 Å². The fourth-order valence-electron chi connectivity index (χ4n) is 6.17. The second-order valence-corrected chi connectivity index (χ2v) is 14.0. The van der Waals surface area contributed by atoms with Crippen LogP contribution in [-0.4, -0.2) is 82.4 Å². The second-order valence-electron chi connectivity index (χ2n) is 11.7. The third-order valence-corrected chi connectivity index (χ3v) is 10.6. The number of carbonyl (C=O) groups excluding carboxylic acids is 1. The number of thiophene rings is 1. The van der Waals surface area contributed by atoms with Crippen molar-refractivity contribution in [1.29, 1.82) is 0 Å². The molecule has 9 nitrogen and oxygen atoms in total. The van der Waals surface area contributed by atoms with E-state index in [1.54, 1.807) is 12.1 Å². The maximum Gasteiger partial charge on any atom is 0.305 e. The molecular formula is C32H37FN4O5S2. The number of piperidine rings is 1. The average Bonchev–Trinajstić information content (AvgIpc) is 3.63. The van der Waals surface area contributed by atoms with Crippen LogP contribution in [0.15, 0.2) is 47.3 Å². The van der Waals surface area contributed by atoms with E-state index in [0.717, 1.165) is 52.6 Å². The van der Waals surface area contributed by atoms with Crippen LogP contribution in [0, 0.1) is 12.7 Å². The number of aliphatic hydroxyl groups excluding tert-OH is 1.